The van der Waals surface area contributed by atoms with Gasteiger partial charge in [0.1, 0.15) is 12.1 Å². The first-order valence-electron chi connectivity index (χ1n) is 4.53. The highest BCUT2D eigenvalue weighted by Gasteiger charge is 2.02. The minimum absolute atomic E-state index is 0.233. The highest BCUT2D eigenvalue weighted by atomic mass is 32.1. The zero-order valence-electron chi connectivity index (χ0n) is 8.51. The molecule has 0 unspecified atom stereocenters. The molecule has 2 rings (SSSR count). The maximum Gasteiger partial charge on any atom is 0.237 e. The molecule has 82 valence electrons. The van der Waals surface area contributed by atoms with E-state index in [0.29, 0.717) is 10.8 Å². The minimum atomic E-state index is -0.233. The Kier molecular flexibility index (Phi) is 2.86. The normalized spacial score (nSPS) is 9.29. The second-order valence-electron chi connectivity index (χ2n) is 3.03. The molecule has 0 fully saturated rings. The van der Waals surface area contributed by atoms with Crippen LogP contribution in [0.4, 0.5) is 10.8 Å². The summed E-state index contributed by atoms with van der Waals surface area (Å²) in [5.74, 6) is 0. The van der Waals surface area contributed by atoms with E-state index in [-0.39, 0.29) is 5.71 Å². The van der Waals surface area contributed by atoms with Gasteiger partial charge in [0.2, 0.25) is 5.71 Å². The van der Waals surface area contributed by atoms with Crippen LogP contribution in [0, 0.1) is 22.7 Å². The average molecular weight is 242 g/mol. The molecule has 3 N–H and O–H groups in total. The molecule has 0 bridgehead atoms. The predicted octanol–water partition coefficient (Wildman–Crippen LogP) is 1.69. The number of thiazole rings is 1. The van der Waals surface area contributed by atoms with Crippen molar-refractivity contribution >= 4 is 38.1 Å². The molecule has 7 heteroatoms. The lowest BCUT2D eigenvalue weighted by atomic mass is 10.3. The maximum absolute atomic E-state index is 8.51. The number of anilines is 2. The summed E-state index contributed by atoms with van der Waals surface area (Å²) in [5.41, 5.74) is 9.36. The highest BCUT2D eigenvalue weighted by Crippen LogP contribution is 2.26. The number of aromatic nitrogens is 1. The second-order valence-corrected chi connectivity index (χ2v) is 4.09. The second kappa shape index (κ2) is 4.47. The molecule has 0 aliphatic rings. The van der Waals surface area contributed by atoms with Crippen LogP contribution in [0.2, 0.25) is 0 Å². The van der Waals surface area contributed by atoms with E-state index in [0.717, 1.165) is 10.2 Å². The number of fused-ring (bicyclic) bond motifs is 1. The first-order valence-corrected chi connectivity index (χ1v) is 5.34. The SMILES string of the molecule is N#CC(C#N)=NNc1ccc2sc(N)nc2c1. The van der Waals surface area contributed by atoms with Gasteiger partial charge in [-0.05, 0) is 18.2 Å². The molecule has 0 saturated carbocycles. The number of benzene rings is 1. The van der Waals surface area contributed by atoms with Gasteiger partial charge in [0, 0.05) is 0 Å². The molecule has 6 nitrogen and oxygen atoms in total. The zero-order valence-corrected chi connectivity index (χ0v) is 9.32. The largest absolute Gasteiger partial charge is 0.375 e. The van der Waals surface area contributed by atoms with Gasteiger partial charge in [0.25, 0.3) is 0 Å². The molecule has 0 atom stereocenters. The van der Waals surface area contributed by atoms with Gasteiger partial charge in [0.05, 0.1) is 15.9 Å². The topological polar surface area (TPSA) is 111 Å². The molecule has 0 aliphatic carbocycles. The smallest absolute Gasteiger partial charge is 0.237 e. The van der Waals surface area contributed by atoms with Gasteiger partial charge < -0.3 is 5.73 Å². The molecule has 1 heterocycles. The molecular formula is C10H6N6S. The number of nitriles is 2. The number of hydrazone groups is 1. The van der Waals surface area contributed by atoms with Crippen molar-refractivity contribution in [2.24, 2.45) is 5.10 Å². The Balaban J connectivity index is 2.29. The van der Waals surface area contributed by atoms with Gasteiger partial charge in [-0.25, -0.2) is 4.98 Å². The molecule has 1 aromatic heterocycles. The van der Waals surface area contributed by atoms with Crippen LogP contribution >= 0.6 is 11.3 Å². The van der Waals surface area contributed by atoms with Gasteiger partial charge in [-0.15, -0.1) is 0 Å². The standard InChI is InChI=1S/C10H6N6S/c11-4-7(5-12)16-15-6-1-2-9-8(3-6)14-10(13)17-9/h1-3,15H,(H2,13,14). The first-order chi connectivity index (χ1) is 8.22. The number of hydrogen-bond donors (Lipinski definition) is 2. The van der Waals surface area contributed by atoms with Crippen LogP contribution in [0.5, 0.6) is 0 Å². The molecule has 0 spiro atoms. The monoisotopic (exact) mass is 242 g/mol. The fourth-order valence-corrected chi connectivity index (χ4v) is 1.92. The Morgan fingerprint density at radius 3 is 2.88 bits per heavy atom. The number of nitrogens with one attached hydrogen (secondary N) is 1. The van der Waals surface area contributed by atoms with Crippen molar-refractivity contribution in [1.82, 2.24) is 4.98 Å². The summed E-state index contributed by atoms with van der Waals surface area (Å²) in [4.78, 5) is 4.12. The molecule has 0 saturated heterocycles. The van der Waals surface area contributed by atoms with Crippen LogP contribution in [-0.4, -0.2) is 10.7 Å². The van der Waals surface area contributed by atoms with Crippen LogP contribution in [0.15, 0.2) is 23.3 Å². The van der Waals surface area contributed by atoms with Crippen LogP contribution in [0.25, 0.3) is 10.2 Å². The Labute approximate surface area is 101 Å². The molecule has 2 aromatic rings. The van der Waals surface area contributed by atoms with E-state index >= 15 is 0 Å². The number of rotatable bonds is 2. The Bertz CT molecular complexity index is 656. The lowest BCUT2D eigenvalue weighted by Gasteiger charge is -1.98. The number of nitrogen functional groups attached to an aromatic ring is 1. The van der Waals surface area contributed by atoms with Crippen molar-refractivity contribution in [1.29, 1.82) is 10.5 Å². The van der Waals surface area contributed by atoms with Crippen LogP contribution in [0.3, 0.4) is 0 Å². The number of hydrogen-bond acceptors (Lipinski definition) is 7. The van der Waals surface area contributed by atoms with Crippen molar-refractivity contribution in [2.75, 3.05) is 11.2 Å². The molecule has 0 aliphatic heterocycles. The van der Waals surface area contributed by atoms with Crippen molar-refractivity contribution in [2.45, 2.75) is 0 Å². The van der Waals surface area contributed by atoms with E-state index in [9.17, 15) is 0 Å². The van der Waals surface area contributed by atoms with Gasteiger partial charge in [-0.2, -0.15) is 15.6 Å². The lowest BCUT2D eigenvalue weighted by Crippen LogP contribution is -1.95. The summed E-state index contributed by atoms with van der Waals surface area (Å²) >= 11 is 1.39. The number of nitrogens with two attached hydrogens (primary N) is 1. The zero-order chi connectivity index (χ0) is 12.3. The number of nitrogens with zero attached hydrogens (tertiary/aromatic N) is 4. The van der Waals surface area contributed by atoms with E-state index in [1.165, 1.54) is 11.3 Å². The van der Waals surface area contributed by atoms with Crippen LogP contribution < -0.4 is 11.2 Å². The Morgan fingerprint density at radius 1 is 1.41 bits per heavy atom. The highest BCUT2D eigenvalue weighted by molar-refractivity contribution is 7.22. The van der Waals surface area contributed by atoms with Crippen LogP contribution in [0.1, 0.15) is 0 Å². The average Bonchev–Trinajstić information content (AvgIpc) is 2.69. The van der Waals surface area contributed by atoms with Gasteiger partial charge in [0.15, 0.2) is 5.13 Å². The predicted molar refractivity (Wildman–Crippen MR) is 66.3 cm³/mol. The third-order valence-corrected chi connectivity index (χ3v) is 2.78. The quantitative estimate of drug-likeness (QED) is 0.615. The van der Waals surface area contributed by atoms with Gasteiger partial charge in [-0.3, -0.25) is 5.43 Å². The van der Waals surface area contributed by atoms with E-state index < -0.39 is 0 Å². The van der Waals surface area contributed by atoms with E-state index in [1.54, 1.807) is 24.3 Å². The fourth-order valence-electron chi connectivity index (χ4n) is 1.21. The Morgan fingerprint density at radius 2 is 2.18 bits per heavy atom. The summed E-state index contributed by atoms with van der Waals surface area (Å²) in [6.45, 7) is 0. The fraction of sp³-hybridized carbons (Fsp3) is 0. The summed E-state index contributed by atoms with van der Waals surface area (Å²) in [6.07, 6.45) is 0. The van der Waals surface area contributed by atoms with Crippen molar-refractivity contribution in [3.8, 4) is 12.1 Å². The Hall–Kier alpha value is -2.64. The van der Waals surface area contributed by atoms with Crippen molar-refractivity contribution in [3.05, 3.63) is 18.2 Å². The van der Waals surface area contributed by atoms with Crippen molar-refractivity contribution < 1.29 is 0 Å². The van der Waals surface area contributed by atoms with Gasteiger partial charge in [-0.1, -0.05) is 11.3 Å². The van der Waals surface area contributed by atoms with E-state index in [4.69, 9.17) is 16.3 Å². The van der Waals surface area contributed by atoms with E-state index in [1.807, 2.05) is 6.07 Å². The molecule has 0 radical (unpaired) electrons. The summed E-state index contributed by atoms with van der Waals surface area (Å²) < 4.78 is 0.970. The van der Waals surface area contributed by atoms with Gasteiger partial charge >= 0.3 is 0 Å². The lowest BCUT2D eigenvalue weighted by molar-refractivity contribution is 1.34. The van der Waals surface area contributed by atoms with Crippen molar-refractivity contribution in [3.63, 3.8) is 0 Å². The van der Waals surface area contributed by atoms with E-state index in [2.05, 4.69) is 15.5 Å². The van der Waals surface area contributed by atoms with Crippen LogP contribution in [-0.2, 0) is 0 Å². The molecule has 17 heavy (non-hydrogen) atoms. The third-order valence-electron chi connectivity index (χ3n) is 1.91. The third kappa shape index (κ3) is 2.30. The molecular weight excluding hydrogens is 236 g/mol. The minimum Gasteiger partial charge on any atom is -0.375 e. The summed E-state index contributed by atoms with van der Waals surface area (Å²) in [6, 6.07) is 8.68. The maximum atomic E-state index is 8.51. The molecule has 1 aromatic carbocycles. The summed E-state index contributed by atoms with van der Waals surface area (Å²) in [5, 5.41) is 21.1. The molecule has 0 amide bonds. The summed E-state index contributed by atoms with van der Waals surface area (Å²) in [7, 11) is 0. The first kappa shape index (κ1) is 10.9.